The van der Waals surface area contributed by atoms with Crippen LogP contribution in [0.1, 0.15) is 17.0 Å². The zero-order valence-corrected chi connectivity index (χ0v) is 17.9. The van der Waals surface area contributed by atoms with Crippen molar-refractivity contribution in [3.63, 3.8) is 0 Å². The number of benzene rings is 1. The van der Waals surface area contributed by atoms with E-state index in [1.165, 1.54) is 21.9 Å². The highest BCUT2D eigenvalue weighted by atomic mass is 19.1. The molecule has 2 aliphatic rings. The molecule has 0 spiro atoms. The van der Waals surface area contributed by atoms with E-state index < -0.39 is 12.1 Å². The first kappa shape index (κ1) is 20.9. The van der Waals surface area contributed by atoms with Gasteiger partial charge in [-0.3, -0.25) is 14.6 Å². The van der Waals surface area contributed by atoms with Gasteiger partial charge < -0.3 is 4.74 Å². The molecular formula is C21H24FN6O3+. The third-order valence-corrected chi connectivity index (χ3v) is 5.38. The van der Waals surface area contributed by atoms with Crippen LogP contribution in [0, 0.1) is 19.7 Å². The number of nitrogens with zero attached hydrogens (tertiary/aromatic N) is 6. The third-order valence-electron chi connectivity index (χ3n) is 5.38. The maximum absolute atomic E-state index is 13.5. The van der Waals surface area contributed by atoms with Crippen LogP contribution in [0.5, 0.6) is 0 Å². The molecule has 0 bridgehead atoms. The predicted molar refractivity (Wildman–Crippen MR) is 110 cm³/mol. The maximum Gasteiger partial charge on any atom is 0.421 e. The molecule has 0 N–H and O–H groups in total. The second-order valence-electron chi connectivity index (χ2n) is 7.59. The number of hydrogen-bond donors (Lipinski definition) is 0. The van der Waals surface area contributed by atoms with Gasteiger partial charge in [0.2, 0.25) is 11.9 Å². The highest BCUT2D eigenvalue weighted by molar-refractivity contribution is 6.22. The molecule has 2 aliphatic heterocycles. The fourth-order valence-electron chi connectivity index (χ4n) is 3.84. The number of aliphatic imine (C=N–C) groups is 1. The largest absolute Gasteiger partial charge is 0.421 e. The molecule has 1 saturated heterocycles. The number of fused-ring (bicyclic) bond motifs is 1. The van der Waals surface area contributed by atoms with Crippen LogP contribution in [-0.2, 0) is 16.1 Å². The predicted octanol–water partition coefficient (Wildman–Crippen LogP) is 1.38. The van der Waals surface area contributed by atoms with Crippen LogP contribution in [0.2, 0.25) is 0 Å². The fraction of sp³-hybridized carbons (Fsp3) is 0.381. The van der Waals surface area contributed by atoms with E-state index in [0.29, 0.717) is 30.5 Å². The van der Waals surface area contributed by atoms with Gasteiger partial charge in [0.05, 0.1) is 25.4 Å². The standard InChI is InChI=1S/C21H24FN6O3/c1-13-11-14(2)28(24-13)20-23-18-17(26(20)9-10-31-4)19(29)27(21(30)25(18)3)12-15-5-7-16(22)8-6-15/h5-8,11,17H,9-10,12H2,1-4H3/q+1. The molecule has 0 aliphatic carbocycles. The van der Waals surface area contributed by atoms with E-state index in [4.69, 9.17) is 4.74 Å². The molecule has 10 heteroatoms. The van der Waals surface area contributed by atoms with Gasteiger partial charge in [-0.1, -0.05) is 17.1 Å². The van der Waals surface area contributed by atoms with Crippen LogP contribution in [0.4, 0.5) is 9.18 Å². The van der Waals surface area contributed by atoms with Gasteiger partial charge in [-0.15, -0.1) is 9.78 Å². The van der Waals surface area contributed by atoms with E-state index in [0.717, 1.165) is 11.4 Å². The lowest BCUT2D eigenvalue weighted by Crippen LogP contribution is -2.62. The molecule has 1 fully saturated rings. The van der Waals surface area contributed by atoms with Gasteiger partial charge >= 0.3 is 12.0 Å². The van der Waals surface area contributed by atoms with Crippen LogP contribution in [0.25, 0.3) is 0 Å². The number of rotatable bonds is 5. The zero-order valence-electron chi connectivity index (χ0n) is 17.9. The van der Waals surface area contributed by atoms with Crippen molar-refractivity contribution < 1.29 is 23.3 Å². The second-order valence-corrected chi connectivity index (χ2v) is 7.59. The van der Waals surface area contributed by atoms with Crippen LogP contribution in [0.15, 0.2) is 35.3 Å². The number of amidine groups is 1. The molecule has 1 unspecified atom stereocenters. The number of aryl methyl sites for hydroxylation is 2. The van der Waals surface area contributed by atoms with Crippen LogP contribution >= 0.6 is 0 Å². The first-order chi connectivity index (χ1) is 14.8. The molecule has 4 rings (SSSR count). The van der Waals surface area contributed by atoms with Crippen molar-refractivity contribution in [2.75, 3.05) is 27.3 Å². The van der Waals surface area contributed by atoms with E-state index in [1.807, 2.05) is 19.9 Å². The molecule has 1 aromatic carbocycles. The Morgan fingerprint density at radius 1 is 1.19 bits per heavy atom. The normalized spacial score (nSPS) is 18.7. The minimum atomic E-state index is -0.780. The average Bonchev–Trinajstić information content (AvgIpc) is 3.28. The number of amides is 3. The smallest absolute Gasteiger partial charge is 0.381 e. The zero-order chi connectivity index (χ0) is 22.3. The number of methoxy groups -OCH3 is 1. The summed E-state index contributed by atoms with van der Waals surface area (Å²) >= 11 is 0. The summed E-state index contributed by atoms with van der Waals surface area (Å²) in [6.45, 7) is 4.58. The number of carbonyl (C=O) groups excluding carboxylic acids is 2. The van der Waals surface area contributed by atoms with Crippen molar-refractivity contribution in [3.05, 3.63) is 53.1 Å². The van der Waals surface area contributed by atoms with E-state index in [1.54, 1.807) is 35.5 Å². The first-order valence-electron chi connectivity index (χ1n) is 9.90. The van der Waals surface area contributed by atoms with Crippen LogP contribution < -0.4 is 0 Å². The number of likely N-dealkylation sites (N-methyl/N-ethyl adjacent to an activating group) is 1. The summed E-state index contributed by atoms with van der Waals surface area (Å²) in [6.07, 6.45) is 0. The second kappa shape index (κ2) is 8.03. The number of hydrogen-bond acceptors (Lipinski definition) is 5. The van der Waals surface area contributed by atoms with E-state index in [9.17, 15) is 14.0 Å². The molecule has 3 heterocycles. The Hall–Kier alpha value is -3.40. The Bertz CT molecular complexity index is 1100. The lowest BCUT2D eigenvalue weighted by molar-refractivity contribution is -0.539. The number of imide groups is 1. The number of halogens is 1. The molecule has 1 atom stereocenters. The summed E-state index contributed by atoms with van der Waals surface area (Å²) in [7, 11) is 3.18. The Kier molecular flexibility index (Phi) is 5.40. The Balaban J connectivity index is 1.75. The Labute approximate surface area is 179 Å². The molecule has 9 nitrogen and oxygen atoms in total. The van der Waals surface area contributed by atoms with E-state index >= 15 is 0 Å². The lowest BCUT2D eigenvalue weighted by atomic mass is 10.1. The van der Waals surface area contributed by atoms with Gasteiger partial charge in [0.1, 0.15) is 11.5 Å². The lowest BCUT2D eigenvalue weighted by Gasteiger charge is -2.34. The molecular weight excluding hydrogens is 403 g/mol. The summed E-state index contributed by atoms with van der Waals surface area (Å²) in [5.41, 5.74) is 2.34. The van der Waals surface area contributed by atoms with Crippen molar-refractivity contribution in [1.82, 2.24) is 19.6 Å². The van der Waals surface area contributed by atoms with Gasteiger partial charge in [0.15, 0.2) is 0 Å². The van der Waals surface area contributed by atoms with Crippen molar-refractivity contribution in [2.45, 2.75) is 26.4 Å². The molecule has 0 radical (unpaired) electrons. The maximum atomic E-state index is 13.5. The SMILES string of the molecule is COCC[N+]1=C(n2nc(C)cc2C)N=C2C1C(=O)N(Cc1ccc(F)cc1)C(=O)N2C. The highest BCUT2D eigenvalue weighted by Crippen LogP contribution is 2.23. The molecule has 3 amide bonds. The van der Waals surface area contributed by atoms with Crippen LogP contribution in [0.3, 0.4) is 0 Å². The van der Waals surface area contributed by atoms with Gasteiger partial charge in [0, 0.05) is 14.2 Å². The highest BCUT2D eigenvalue weighted by Gasteiger charge is 2.53. The molecule has 162 valence electrons. The summed E-state index contributed by atoms with van der Waals surface area (Å²) in [6, 6.07) is 6.39. The molecule has 1 aromatic heterocycles. The average molecular weight is 427 g/mol. The monoisotopic (exact) mass is 427 g/mol. The number of urea groups is 1. The Morgan fingerprint density at radius 3 is 2.52 bits per heavy atom. The molecule has 2 aromatic rings. The molecule has 31 heavy (non-hydrogen) atoms. The summed E-state index contributed by atoms with van der Waals surface area (Å²) < 4.78 is 22.0. The summed E-state index contributed by atoms with van der Waals surface area (Å²) in [4.78, 5) is 33.6. The van der Waals surface area contributed by atoms with Crippen molar-refractivity contribution in [2.24, 2.45) is 4.99 Å². The van der Waals surface area contributed by atoms with Gasteiger partial charge in [-0.25, -0.2) is 13.8 Å². The van der Waals surface area contributed by atoms with Gasteiger partial charge in [0.25, 0.3) is 5.91 Å². The van der Waals surface area contributed by atoms with Gasteiger partial charge in [-0.2, -0.15) is 0 Å². The van der Waals surface area contributed by atoms with Crippen LogP contribution in [-0.4, -0.2) is 81.2 Å². The van der Waals surface area contributed by atoms with E-state index in [-0.39, 0.29) is 18.3 Å². The number of carbonyl (C=O) groups is 2. The van der Waals surface area contributed by atoms with Crippen molar-refractivity contribution in [3.8, 4) is 0 Å². The summed E-state index contributed by atoms with van der Waals surface area (Å²) in [5.74, 6) is 0.0550. The van der Waals surface area contributed by atoms with Gasteiger partial charge in [-0.05, 0) is 37.6 Å². The van der Waals surface area contributed by atoms with Crippen molar-refractivity contribution >= 4 is 23.7 Å². The minimum absolute atomic E-state index is 0.0411. The van der Waals surface area contributed by atoms with E-state index in [2.05, 4.69) is 10.1 Å². The first-order valence-corrected chi connectivity index (χ1v) is 9.90. The Morgan fingerprint density at radius 2 is 1.90 bits per heavy atom. The topological polar surface area (TPSA) is 83.0 Å². The summed E-state index contributed by atoms with van der Waals surface area (Å²) in [5, 5.41) is 4.50. The molecule has 0 saturated carbocycles. The quantitative estimate of drug-likeness (QED) is 0.675. The van der Waals surface area contributed by atoms with Crippen molar-refractivity contribution in [1.29, 1.82) is 0 Å². The minimum Gasteiger partial charge on any atom is -0.381 e. The third kappa shape index (κ3) is 3.63. The number of aromatic nitrogens is 2. The number of ether oxygens (including phenoxy) is 1. The fourth-order valence-corrected chi connectivity index (χ4v) is 3.84.